The molecule has 1 aromatic carbocycles. The van der Waals surface area contributed by atoms with Crippen molar-refractivity contribution < 1.29 is 0 Å². The highest BCUT2D eigenvalue weighted by atomic mass is 79.9. The van der Waals surface area contributed by atoms with E-state index in [2.05, 4.69) is 35.8 Å². The maximum atomic E-state index is 8.80. The fourth-order valence-electron chi connectivity index (χ4n) is 1.21. The molecule has 0 saturated carbocycles. The molecule has 0 spiro atoms. The molecule has 0 atom stereocenters. The largest absolute Gasteiger partial charge is 0.397 e. The van der Waals surface area contributed by atoms with Crippen LogP contribution in [0.1, 0.15) is 30.9 Å². The lowest BCUT2D eigenvalue weighted by atomic mass is 9.98. The number of halogens is 1. The van der Waals surface area contributed by atoms with Crippen molar-refractivity contribution in [3.63, 3.8) is 0 Å². The summed E-state index contributed by atoms with van der Waals surface area (Å²) in [5, 5.41) is 8.80. The van der Waals surface area contributed by atoms with Gasteiger partial charge in [0.05, 0.1) is 11.3 Å². The Balaban J connectivity index is 3.38. The number of nitrogen functional groups attached to an aromatic ring is 1. The Kier molecular flexibility index (Phi) is 2.94. The van der Waals surface area contributed by atoms with E-state index in [-0.39, 0.29) is 0 Å². The van der Waals surface area contributed by atoms with Crippen molar-refractivity contribution in [2.24, 2.45) is 0 Å². The molecule has 0 unspecified atom stereocenters. The van der Waals surface area contributed by atoms with E-state index in [0.29, 0.717) is 17.2 Å². The third kappa shape index (κ3) is 2.02. The number of nitrogens with two attached hydrogens (primary N) is 1. The maximum Gasteiger partial charge on any atom is 0.101 e. The number of hydrogen-bond acceptors (Lipinski definition) is 2. The van der Waals surface area contributed by atoms with Gasteiger partial charge in [0.25, 0.3) is 0 Å². The summed E-state index contributed by atoms with van der Waals surface area (Å²) >= 11 is 3.35. The molecular formula is C10H11BrN2. The number of anilines is 1. The van der Waals surface area contributed by atoms with Crippen LogP contribution in [0.4, 0.5) is 5.69 Å². The summed E-state index contributed by atoms with van der Waals surface area (Å²) in [4.78, 5) is 0. The monoisotopic (exact) mass is 238 g/mol. The van der Waals surface area contributed by atoms with E-state index in [1.54, 1.807) is 6.07 Å². The van der Waals surface area contributed by atoms with Gasteiger partial charge in [-0.1, -0.05) is 29.8 Å². The average molecular weight is 239 g/mol. The predicted molar refractivity (Wildman–Crippen MR) is 57.4 cm³/mol. The zero-order chi connectivity index (χ0) is 10.0. The number of nitrogens with zero attached hydrogens (tertiary/aromatic N) is 1. The molecule has 68 valence electrons. The predicted octanol–water partition coefficient (Wildman–Crippen LogP) is 3.03. The van der Waals surface area contributed by atoms with Crippen LogP contribution in [0.3, 0.4) is 0 Å². The first-order chi connectivity index (χ1) is 6.06. The lowest BCUT2D eigenvalue weighted by Crippen LogP contribution is -1.99. The molecule has 1 rings (SSSR count). The van der Waals surface area contributed by atoms with Crippen molar-refractivity contribution in [2.75, 3.05) is 5.73 Å². The van der Waals surface area contributed by atoms with Crippen LogP contribution in [0.2, 0.25) is 0 Å². The van der Waals surface area contributed by atoms with Gasteiger partial charge < -0.3 is 5.73 Å². The van der Waals surface area contributed by atoms with Crippen LogP contribution in [0.25, 0.3) is 0 Å². The molecule has 2 N–H and O–H groups in total. The summed E-state index contributed by atoms with van der Waals surface area (Å²) in [6.45, 7) is 4.11. The van der Waals surface area contributed by atoms with E-state index in [0.717, 1.165) is 10.0 Å². The molecule has 2 nitrogen and oxygen atoms in total. The Bertz CT molecular complexity index is 364. The molecule has 0 aliphatic carbocycles. The van der Waals surface area contributed by atoms with Crippen molar-refractivity contribution in [2.45, 2.75) is 19.8 Å². The second kappa shape index (κ2) is 3.80. The molecule has 1 aromatic rings. The van der Waals surface area contributed by atoms with Gasteiger partial charge in [0, 0.05) is 4.47 Å². The van der Waals surface area contributed by atoms with Crippen LogP contribution in [0.15, 0.2) is 16.6 Å². The second-order valence-electron chi connectivity index (χ2n) is 3.22. The molecule has 0 aliphatic rings. The smallest absolute Gasteiger partial charge is 0.101 e. The van der Waals surface area contributed by atoms with E-state index < -0.39 is 0 Å². The Labute approximate surface area is 86.5 Å². The highest BCUT2D eigenvalue weighted by molar-refractivity contribution is 9.10. The summed E-state index contributed by atoms with van der Waals surface area (Å²) in [6, 6.07) is 5.77. The van der Waals surface area contributed by atoms with E-state index in [1.807, 2.05) is 6.07 Å². The Hall–Kier alpha value is -1.01. The minimum Gasteiger partial charge on any atom is -0.397 e. The topological polar surface area (TPSA) is 49.8 Å². The second-order valence-corrected chi connectivity index (χ2v) is 4.14. The van der Waals surface area contributed by atoms with E-state index in [4.69, 9.17) is 11.0 Å². The van der Waals surface area contributed by atoms with E-state index in [9.17, 15) is 0 Å². The number of benzene rings is 1. The van der Waals surface area contributed by atoms with Crippen LogP contribution in [0, 0.1) is 11.3 Å². The summed E-state index contributed by atoms with van der Waals surface area (Å²) in [5.41, 5.74) is 7.98. The van der Waals surface area contributed by atoms with Crippen LogP contribution in [-0.2, 0) is 0 Å². The van der Waals surface area contributed by atoms with Crippen molar-refractivity contribution in [1.29, 1.82) is 5.26 Å². The van der Waals surface area contributed by atoms with Gasteiger partial charge in [-0.15, -0.1) is 0 Å². The Morgan fingerprint density at radius 3 is 2.54 bits per heavy atom. The molecule has 0 radical (unpaired) electrons. The number of rotatable bonds is 1. The van der Waals surface area contributed by atoms with Gasteiger partial charge in [0.2, 0.25) is 0 Å². The zero-order valence-corrected chi connectivity index (χ0v) is 9.22. The number of hydrogen-bond donors (Lipinski definition) is 1. The average Bonchev–Trinajstić information content (AvgIpc) is 2.08. The standard InChI is InChI=1S/C10H11BrN2/c1-6(2)9-4-8(11)3-7(5-12)10(9)13/h3-4,6H,13H2,1-2H3. The molecule has 3 heteroatoms. The quantitative estimate of drug-likeness (QED) is 0.765. The highest BCUT2D eigenvalue weighted by Gasteiger charge is 2.09. The lowest BCUT2D eigenvalue weighted by molar-refractivity contribution is 0.868. The highest BCUT2D eigenvalue weighted by Crippen LogP contribution is 2.28. The normalized spacial score (nSPS) is 10.1. The maximum absolute atomic E-state index is 8.80. The summed E-state index contributed by atoms with van der Waals surface area (Å²) < 4.78 is 0.905. The SMILES string of the molecule is CC(C)c1cc(Br)cc(C#N)c1N. The molecule has 0 aromatic heterocycles. The van der Waals surface area contributed by atoms with Gasteiger partial charge in [0.15, 0.2) is 0 Å². The summed E-state index contributed by atoms with van der Waals surface area (Å²) in [5.74, 6) is 0.338. The minimum absolute atomic E-state index is 0.338. The summed E-state index contributed by atoms with van der Waals surface area (Å²) in [7, 11) is 0. The van der Waals surface area contributed by atoms with Gasteiger partial charge in [-0.05, 0) is 23.6 Å². The molecule has 13 heavy (non-hydrogen) atoms. The van der Waals surface area contributed by atoms with Crippen LogP contribution < -0.4 is 5.73 Å². The van der Waals surface area contributed by atoms with Crippen molar-refractivity contribution in [1.82, 2.24) is 0 Å². The first-order valence-corrected chi connectivity index (χ1v) is 4.84. The molecule has 0 aliphatic heterocycles. The van der Waals surface area contributed by atoms with Crippen LogP contribution >= 0.6 is 15.9 Å². The van der Waals surface area contributed by atoms with Gasteiger partial charge in [-0.3, -0.25) is 0 Å². The van der Waals surface area contributed by atoms with E-state index in [1.165, 1.54) is 0 Å². The minimum atomic E-state index is 0.338. The van der Waals surface area contributed by atoms with Gasteiger partial charge in [-0.25, -0.2) is 0 Å². The van der Waals surface area contributed by atoms with Crippen LogP contribution in [-0.4, -0.2) is 0 Å². The zero-order valence-electron chi connectivity index (χ0n) is 7.63. The molecule has 0 heterocycles. The van der Waals surface area contributed by atoms with E-state index >= 15 is 0 Å². The first-order valence-electron chi connectivity index (χ1n) is 4.05. The van der Waals surface area contributed by atoms with Gasteiger partial charge in [-0.2, -0.15) is 5.26 Å². The van der Waals surface area contributed by atoms with Gasteiger partial charge in [0.1, 0.15) is 6.07 Å². The molecule has 0 amide bonds. The van der Waals surface area contributed by atoms with Gasteiger partial charge >= 0.3 is 0 Å². The van der Waals surface area contributed by atoms with Crippen molar-refractivity contribution >= 4 is 21.6 Å². The van der Waals surface area contributed by atoms with Crippen LogP contribution in [0.5, 0.6) is 0 Å². The number of nitriles is 1. The fourth-order valence-corrected chi connectivity index (χ4v) is 1.68. The lowest BCUT2D eigenvalue weighted by Gasteiger charge is -2.10. The van der Waals surface area contributed by atoms with Crippen molar-refractivity contribution in [3.05, 3.63) is 27.7 Å². The first kappa shape index (κ1) is 10.1. The molecule has 0 saturated heterocycles. The molecule has 0 bridgehead atoms. The fraction of sp³-hybridized carbons (Fsp3) is 0.300. The Morgan fingerprint density at radius 1 is 1.46 bits per heavy atom. The van der Waals surface area contributed by atoms with Crippen molar-refractivity contribution in [3.8, 4) is 6.07 Å². The third-order valence-electron chi connectivity index (χ3n) is 1.92. The summed E-state index contributed by atoms with van der Waals surface area (Å²) in [6.07, 6.45) is 0. The molecular weight excluding hydrogens is 228 g/mol. The molecule has 0 fully saturated rings. The Morgan fingerprint density at radius 2 is 2.08 bits per heavy atom. The third-order valence-corrected chi connectivity index (χ3v) is 2.38.